The van der Waals surface area contributed by atoms with Crippen molar-refractivity contribution in [3.05, 3.63) is 0 Å². The second-order valence-electron chi connectivity index (χ2n) is 3.23. The molecule has 1 fully saturated rings. The molecule has 1 aliphatic rings. The van der Waals surface area contributed by atoms with Crippen LogP contribution in [0.2, 0.25) is 0 Å². The van der Waals surface area contributed by atoms with Crippen molar-refractivity contribution in [2.24, 2.45) is 7.05 Å². The summed E-state index contributed by atoms with van der Waals surface area (Å²) in [6.45, 7) is 3.21. The molecule has 78 valence electrons. The minimum Gasteiger partial charge on any atom is -0.378 e. The van der Waals surface area contributed by atoms with Crippen LogP contribution in [0.5, 0.6) is 0 Å². The first kappa shape index (κ1) is 9.35. The lowest BCUT2D eigenvalue weighted by atomic mass is 10.3. The Morgan fingerprint density at radius 3 is 3.29 bits per heavy atom. The van der Waals surface area contributed by atoms with Crippen molar-refractivity contribution in [3.63, 3.8) is 0 Å². The molecule has 0 amide bonds. The van der Waals surface area contributed by atoms with Gasteiger partial charge in [-0.3, -0.25) is 0 Å². The zero-order valence-electron chi connectivity index (χ0n) is 8.10. The lowest BCUT2D eigenvalue weighted by Gasteiger charge is -2.23. The van der Waals surface area contributed by atoms with E-state index in [1.54, 1.807) is 11.7 Å². The predicted octanol–water partition coefficient (Wildman–Crippen LogP) is -1.39. The Kier molecular flexibility index (Phi) is 2.90. The number of aryl methyl sites for hydroxylation is 1. The van der Waals surface area contributed by atoms with Gasteiger partial charge >= 0.3 is 0 Å². The molecule has 1 aromatic heterocycles. The molecule has 0 radical (unpaired) electrons. The van der Waals surface area contributed by atoms with Crippen LogP contribution in [0.25, 0.3) is 0 Å². The molecule has 2 N–H and O–H groups in total. The van der Waals surface area contributed by atoms with Crippen molar-refractivity contribution >= 4 is 5.95 Å². The third kappa shape index (κ3) is 2.18. The van der Waals surface area contributed by atoms with Gasteiger partial charge in [0.25, 0.3) is 0 Å². The lowest BCUT2D eigenvalue weighted by molar-refractivity contribution is 0.0806. The van der Waals surface area contributed by atoms with Crippen molar-refractivity contribution in [2.45, 2.75) is 6.04 Å². The Labute approximate surface area is 81.8 Å². The van der Waals surface area contributed by atoms with Crippen molar-refractivity contribution in [3.8, 4) is 0 Å². The Hall–Kier alpha value is -1.21. The van der Waals surface area contributed by atoms with Gasteiger partial charge in [-0.05, 0) is 10.4 Å². The Morgan fingerprint density at radius 2 is 2.64 bits per heavy atom. The standard InChI is InChI=1S/C7H14N6O/c1-13-7(10-11-12-13)9-4-6-5-14-3-2-8-6/h6,8H,2-5H2,1H3,(H,9,10,12). The molecule has 1 aromatic rings. The van der Waals surface area contributed by atoms with E-state index in [2.05, 4.69) is 26.2 Å². The monoisotopic (exact) mass is 198 g/mol. The second-order valence-corrected chi connectivity index (χ2v) is 3.23. The molecule has 7 heteroatoms. The largest absolute Gasteiger partial charge is 0.378 e. The summed E-state index contributed by atoms with van der Waals surface area (Å²) in [5.74, 6) is 0.678. The van der Waals surface area contributed by atoms with E-state index in [4.69, 9.17) is 4.74 Å². The molecule has 2 rings (SSSR count). The normalized spacial score (nSPS) is 22.2. The zero-order valence-corrected chi connectivity index (χ0v) is 8.10. The van der Waals surface area contributed by atoms with Crippen molar-refractivity contribution < 1.29 is 4.74 Å². The average molecular weight is 198 g/mol. The SMILES string of the molecule is Cn1nnnc1NCC1COCCN1. The molecular weight excluding hydrogens is 184 g/mol. The third-order valence-corrected chi connectivity index (χ3v) is 2.13. The molecule has 2 heterocycles. The fourth-order valence-corrected chi connectivity index (χ4v) is 1.34. The molecule has 0 bridgehead atoms. The topological polar surface area (TPSA) is 76.9 Å². The van der Waals surface area contributed by atoms with Crippen molar-refractivity contribution in [1.82, 2.24) is 25.5 Å². The molecule has 1 unspecified atom stereocenters. The fraction of sp³-hybridized carbons (Fsp3) is 0.857. The molecular formula is C7H14N6O. The molecule has 0 saturated carbocycles. The number of ether oxygens (including phenoxy) is 1. The number of rotatable bonds is 3. The van der Waals surface area contributed by atoms with Crippen LogP contribution in [0.4, 0.5) is 5.95 Å². The Balaban J connectivity index is 1.79. The van der Waals surface area contributed by atoms with Gasteiger partial charge in [0.1, 0.15) is 0 Å². The second kappa shape index (κ2) is 4.34. The van der Waals surface area contributed by atoms with Crippen LogP contribution >= 0.6 is 0 Å². The number of morpholine rings is 1. The van der Waals surface area contributed by atoms with E-state index in [-0.39, 0.29) is 0 Å². The van der Waals surface area contributed by atoms with Crippen LogP contribution < -0.4 is 10.6 Å². The Bertz CT molecular complexity index is 281. The van der Waals surface area contributed by atoms with E-state index >= 15 is 0 Å². The molecule has 14 heavy (non-hydrogen) atoms. The number of hydrogen-bond donors (Lipinski definition) is 2. The summed E-state index contributed by atoms with van der Waals surface area (Å²) in [6.07, 6.45) is 0. The molecule has 0 aromatic carbocycles. The van der Waals surface area contributed by atoms with Crippen molar-refractivity contribution in [2.75, 3.05) is 31.6 Å². The van der Waals surface area contributed by atoms with Gasteiger partial charge in [0.2, 0.25) is 5.95 Å². The fourth-order valence-electron chi connectivity index (χ4n) is 1.34. The van der Waals surface area contributed by atoms with Gasteiger partial charge in [0, 0.05) is 26.2 Å². The van der Waals surface area contributed by atoms with E-state index in [9.17, 15) is 0 Å². The first-order valence-corrected chi connectivity index (χ1v) is 4.63. The number of nitrogens with one attached hydrogen (secondary N) is 2. The molecule has 0 aliphatic carbocycles. The van der Waals surface area contributed by atoms with Crippen LogP contribution in [-0.2, 0) is 11.8 Å². The first-order valence-electron chi connectivity index (χ1n) is 4.63. The van der Waals surface area contributed by atoms with E-state index in [1.165, 1.54) is 0 Å². The van der Waals surface area contributed by atoms with Crippen LogP contribution in [0, 0.1) is 0 Å². The minimum absolute atomic E-state index is 0.334. The highest BCUT2D eigenvalue weighted by Gasteiger charge is 2.13. The average Bonchev–Trinajstić information content (AvgIpc) is 2.63. The highest BCUT2D eigenvalue weighted by Crippen LogP contribution is 1.98. The summed E-state index contributed by atoms with van der Waals surface area (Å²) >= 11 is 0. The van der Waals surface area contributed by atoms with Gasteiger partial charge in [-0.2, -0.15) is 0 Å². The number of tetrazole rings is 1. The summed E-state index contributed by atoms with van der Waals surface area (Å²) in [5.41, 5.74) is 0. The quantitative estimate of drug-likeness (QED) is 0.622. The van der Waals surface area contributed by atoms with Gasteiger partial charge in [-0.1, -0.05) is 5.10 Å². The van der Waals surface area contributed by atoms with Gasteiger partial charge in [0.05, 0.1) is 13.2 Å². The maximum Gasteiger partial charge on any atom is 0.242 e. The zero-order chi connectivity index (χ0) is 9.80. The number of anilines is 1. The maximum atomic E-state index is 5.32. The van der Waals surface area contributed by atoms with Crippen LogP contribution in [0.15, 0.2) is 0 Å². The Morgan fingerprint density at radius 1 is 1.71 bits per heavy atom. The molecule has 1 saturated heterocycles. The third-order valence-electron chi connectivity index (χ3n) is 2.13. The van der Waals surface area contributed by atoms with Gasteiger partial charge in [-0.15, -0.1) is 0 Å². The smallest absolute Gasteiger partial charge is 0.242 e. The lowest BCUT2D eigenvalue weighted by Crippen LogP contribution is -2.45. The minimum atomic E-state index is 0.334. The number of nitrogens with zero attached hydrogens (tertiary/aromatic N) is 4. The predicted molar refractivity (Wildman–Crippen MR) is 49.9 cm³/mol. The van der Waals surface area contributed by atoms with Crippen LogP contribution in [-0.4, -0.2) is 52.6 Å². The number of aromatic nitrogens is 4. The summed E-state index contributed by atoms with van der Waals surface area (Å²) < 4.78 is 6.92. The number of hydrogen-bond acceptors (Lipinski definition) is 6. The van der Waals surface area contributed by atoms with Gasteiger partial charge in [0.15, 0.2) is 0 Å². The maximum absolute atomic E-state index is 5.32. The highest BCUT2D eigenvalue weighted by molar-refractivity contribution is 5.21. The summed E-state index contributed by atoms with van der Waals surface area (Å²) in [7, 11) is 1.80. The summed E-state index contributed by atoms with van der Waals surface area (Å²) in [4.78, 5) is 0. The summed E-state index contributed by atoms with van der Waals surface area (Å²) in [6, 6.07) is 0.334. The van der Waals surface area contributed by atoms with Gasteiger partial charge in [-0.25, -0.2) is 4.68 Å². The molecule has 7 nitrogen and oxygen atoms in total. The van der Waals surface area contributed by atoms with E-state index in [0.717, 1.165) is 26.3 Å². The molecule has 1 aliphatic heterocycles. The summed E-state index contributed by atoms with van der Waals surface area (Å²) in [5, 5.41) is 17.6. The van der Waals surface area contributed by atoms with Crippen LogP contribution in [0.3, 0.4) is 0 Å². The van der Waals surface area contributed by atoms with Crippen LogP contribution in [0.1, 0.15) is 0 Å². The molecule has 0 spiro atoms. The van der Waals surface area contributed by atoms with E-state index in [0.29, 0.717) is 12.0 Å². The highest BCUT2D eigenvalue weighted by atomic mass is 16.5. The molecule has 1 atom stereocenters. The van der Waals surface area contributed by atoms with E-state index < -0.39 is 0 Å². The van der Waals surface area contributed by atoms with Gasteiger partial charge < -0.3 is 15.4 Å². The first-order chi connectivity index (χ1) is 6.86. The van der Waals surface area contributed by atoms with Crippen molar-refractivity contribution in [1.29, 1.82) is 0 Å². The van der Waals surface area contributed by atoms with E-state index in [1.807, 2.05) is 0 Å².